The zero-order valence-corrected chi connectivity index (χ0v) is 6.96. The van der Waals surface area contributed by atoms with Crippen LogP contribution in [0.1, 0.15) is 17.4 Å². The molecule has 0 aliphatic carbocycles. The fourth-order valence-corrected chi connectivity index (χ4v) is 1.07. The van der Waals surface area contributed by atoms with Gasteiger partial charge >= 0.3 is 0 Å². The highest BCUT2D eigenvalue weighted by molar-refractivity contribution is 5.12. The lowest BCUT2D eigenvalue weighted by Crippen LogP contribution is -2.21. The predicted molar refractivity (Wildman–Crippen MR) is 40.9 cm³/mol. The van der Waals surface area contributed by atoms with E-state index in [1.165, 1.54) is 4.68 Å². The Labute approximate surface area is 69.2 Å². The predicted octanol–water partition coefficient (Wildman–Crippen LogP) is 0.993. The van der Waals surface area contributed by atoms with E-state index >= 15 is 0 Å². The molecule has 0 aliphatic heterocycles. The van der Waals surface area contributed by atoms with Gasteiger partial charge in [-0.15, -0.1) is 0 Å². The van der Waals surface area contributed by atoms with Crippen LogP contribution in [0.25, 0.3) is 0 Å². The maximum absolute atomic E-state index is 12.1. The van der Waals surface area contributed by atoms with Crippen LogP contribution in [-0.4, -0.2) is 16.2 Å². The molecule has 12 heavy (non-hydrogen) atoms. The van der Waals surface area contributed by atoms with E-state index in [4.69, 9.17) is 5.73 Å². The molecule has 1 atom stereocenters. The Kier molecular flexibility index (Phi) is 2.42. The minimum atomic E-state index is -2.54. The summed E-state index contributed by atoms with van der Waals surface area (Å²) in [5.74, 6) is 0. The fourth-order valence-electron chi connectivity index (χ4n) is 1.07. The van der Waals surface area contributed by atoms with Crippen molar-refractivity contribution in [2.75, 3.05) is 0 Å². The summed E-state index contributed by atoms with van der Waals surface area (Å²) in [5.41, 5.74) is 6.30. The highest BCUT2D eigenvalue weighted by Crippen LogP contribution is 2.17. The zero-order valence-electron chi connectivity index (χ0n) is 6.96. The summed E-state index contributed by atoms with van der Waals surface area (Å²) in [7, 11) is 1.60. The minimum Gasteiger partial charge on any atom is -0.318 e. The van der Waals surface area contributed by atoms with E-state index in [0.29, 0.717) is 11.4 Å². The normalized spacial score (nSPS) is 13.8. The van der Waals surface area contributed by atoms with Crippen molar-refractivity contribution in [1.82, 2.24) is 9.78 Å². The van der Waals surface area contributed by atoms with Crippen LogP contribution >= 0.6 is 0 Å². The number of aryl methyl sites for hydroxylation is 2. The van der Waals surface area contributed by atoms with E-state index in [1.54, 1.807) is 20.0 Å². The van der Waals surface area contributed by atoms with Gasteiger partial charge in [-0.25, -0.2) is 8.78 Å². The third-order valence-corrected chi connectivity index (χ3v) is 1.65. The summed E-state index contributed by atoms with van der Waals surface area (Å²) < 4.78 is 25.7. The topological polar surface area (TPSA) is 43.8 Å². The number of aromatic nitrogens is 2. The highest BCUT2D eigenvalue weighted by Gasteiger charge is 2.20. The molecule has 0 spiro atoms. The van der Waals surface area contributed by atoms with Crippen molar-refractivity contribution < 1.29 is 8.78 Å². The molecule has 0 radical (unpaired) electrons. The van der Waals surface area contributed by atoms with Crippen molar-refractivity contribution in [3.8, 4) is 0 Å². The number of hydrogen-bond acceptors (Lipinski definition) is 2. The average Bonchev–Trinajstić information content (AvgIpc) is 2.28. The Morgan fingerprint density at radius 1 is 1.58 bits per heavy atom. The Balaban J connectivity index is 2.94. The van der Waals surface area contributed by atoms with E-state index in [2.05, 4.69) is 5.10 Å². The molecule has 0 fully saturated rings. The number of nitrogens with two attached hydrogens (primary N) is 1. The molecule has 5 heteroatoms. The minimum absolute atomic E-state index is 0.363. The summed E-state index contributed by atoms with van der Waals surface area (Å²) in [5, 5.41) is 3.92. The van der Waals surface area contributed by atoms with Crippen molar-refractivity contribution in [2.45, 2.75) is 19.4 Å². The number of alkyl halides is 2. The maximum atomic E-state index is 12.1. The van der Waals surface area contributed by atoms with Crippen LogP contribution in [0.4, 0.5) is 8.78 Å². The van der Waals surface area contributed by atoms with Gasteiger partial charge in [-0.05, 0) is 13.0 Å². The monoisotopic (exact) mass is 175 g/mol. The third-order valence-electron chi connectivity index (χ3n) is 1.65. The van der Waals surface area contributed by atoms with Gasteiger partial charge in [0.25, 0.3) is 6.43 Å². The van der Waals surface area contributed by atoms with Gasteiger partial charge < -0.3 is 5.73 Å². The van der Waals surface area contributed by atoms with Crippen molar-refractivity contribution >= 4 is 0 Å². The molecule has 1 rings (SSSR count). The molecule has 1 aromatic rings. The average molecular weight is 175 g/mol. The summed E-state index contributed by atoms with van der Waals surface area (Å²) >= 11 is 0. The second kappa shape index (κ2) is 3.18. The molecular weight excluding hydrogens is 164 g/mol. The first-order valence-corrected chi connectivity index (χ1v) is 3.56. The van der Waals surface area contributed by atoms with Crippen LogP contribution in [0.5, 0.6) is 0 Å². The van der Waals surface area contributed by atoms with Crippen molar-refractivity contribution in [3.63, 3.8) is 0 Å². The first-order chi connectivity index (χ1) is 5.52. The third kappa shape index (κ3) is 1.61. The van der Waals surface area contributed by atoms with Gasteiger partial charge in [-0.2, -0.15) is 5.10 Å². The summed E-state index contributed by atoms with van der Waals surface area (Å²) in [6.45, 7) is 1.74. The van der Waals surface area contributed by atoms with E-state index in [-0.39, 0.29) is 0 Å². The van der Waals surface area contributed by atoms with Crippen molar-refractivity contribution in [2.24, 2.45) is 12.8 Å². The SMILES string of the molecule is Cc1cc(C(N)C(F)F)n(C)n1. The van der Waals surface area contributed by atoms with Crippen LogP contribution in [0, 0.1) is 6.92 Å². The lowest BCUT2D eigenvalue weighted by atomic mass is 10.2. The highest BCUT2D eigenvalue weighted by atomic mass is 19.3. The molecule has 0 saturated carbocycles. The summed E-state index contributed by atoms with van der Waals surface area (Å²) in [6, 6.07) is 0.327. The molecule has 2 N–H and O–H groups in total. The lowest BCUT2D eigenvalue weighted by molar-refractivity contribution is 0.113. The lowest BCUT2D eigenvalue weighted by Gasteiger charge is -2.09. The van der Waals surface area contributed by atoms with E-state index < -0.39 is 12.5 Å². The van der Waals surface area contributed by atoms with Crippen molar-refractivity contribution in [3.05, 3.63) is 17.5 Å². The molecular formula is C7H11F2N3. The van der Waals surface area contributed by atoms with Gasteiger partial charge in [0.15, 0.2) is 0 Å². The van der Waals surface area contributed by atoms with Gasteiger partial charge in [0.2, 0.25) is 0 Å². The molecule has 3 nitrogen and oxygen atoms in total. The van der Waals surface area contributed by atoms with Crippen molar-refractivity contribution in [1.29, 1.82) is 0 Å². The number of rotatable bonds is 2. The quantitative estimate of drug-likeness (QED) is 0.728. The molecule has 0 amide bonds. The van der Waals surface area contributed by atoms with Crippen LogP contribution in [0.3, 0.4) is 0 Å². The van der Waals surface area contributed by atoms with Gasteiger partial charge in [0.1, 0.15) is 6.04 Å². The van der Waals surface area contributed by atoms with Crippen LogP contribution in [0.2, 0.25) is 0 Å². The van der Waals surface area contributed by atoms with Crippen LogP contribution in [0.15, 0.2) is 6.07 Å². The Bertz CT molecular complexity index is 270. The first kappa shape index (κ1) is 9.12. The largest absolute Gasteiger partial charge is 0.318 e. The standard InChI is InChI=1S/C7H11F2N3/c1-4-3-5(12(2)11-4)6(10)7(8)9/h3,6-7H,10H2,1-2H3. The second-order valence-corrected chi connectivity index (χ2v) is 2.69. The maximum Gasteiger partial charge on any atom is 0.259 e. The Hall–Kier alpha value is -0.970. The second-order valence-electron chi connectivity index (χ2n) is 2.69. The Morgan fingerprint density at radius 2 is 2.17 bits per heavy atom. The molecule has 0 bridgehead atoms. The molecule has 1 heterocycles. The van der Waals surface area contributed by atoms with Gasteiger partial charge in [0.05, 0.1) is 11.4 Å². The number of hydrogen-bond donors (Lipinski definition) is 1. The molecule has 1 unspecified atom stereocenters. The summed E-state index contributed by atoms with van der Waals surface area (Å²) in [4.78, 5) is 0. The molecule has 0 aliphatic rings. The first-order valence-electron chi connectivity index (χ1n) is 3.56. The smallest absolute Gasteiger partial charge is 0.259 e. The molecule has 0 saturated heterocycles. The molecule has 1 aromatic heterocycles. The molecule has 0 aromatic carbocycles. The van der Waals surface area contributed by atoms with Crippen LogP contribution in [-0.2, 0) is 7.05 Å². The van der Waals surface area contributed by atoms with E-state index in [0.717, 1.165) is 0 Å². The number of halogens is 2. The van der Waals surface area contributed by atoms with Gasteiger partial charge in [-0.1, -0.05) is 0 Å². The van der Waals surface area contributed by atoms with E-state index in [9.17, 15) is 8.78 Å². The Morgan fingerprint density at radius 3 is 2.50 bits per heavy atom. The fraction of sp³-hybridized carbons (Fsp3) is 0.571. The molecule has 68 valence electrons. The van der Waals surface area contributed by atoms with Gasteiger partial charge in [-0.3, -0.25) is 4.68 Å². The summed E-state index contributed by atoms with van der Waals surface area (Å²) in [6.07, 6.45) is -2.54. The van der Waals surface area contributed by atoms with Crippen LogP contribution < -0.4 is 5.73 Å². The van der Waals surface area contributed by atoms with Gasteiger partial charge in [0, 0.05) is 7.05 Å². The van der Waals surface area contributed by atoms with E-state index in [1.807, 2.05) is 0 Å². The zero-order chi connectivity index (χ0) is 9.30. The number of nitrogens with zero attached hydrogens (tertiary/aromatic N) is 2.